The van der Waals surface area contributed by atoms with Crippen LogP contribution in [0.3, 0.4) is 0 Å². The molecule has 0 spiro atoms. The highest BCUT2D eigenvalue weighted by molar-refractivity contribution is 5.85. The van der Waals surface area contributed by atoms with Gasteiger partial charge >= 0.3 is 0 Å². The number of benzene rings is 1. The van der Waals surface area contributed by atoms with E-state index in [4.69, 9.17) is 9.47 Å². The molecule has 0 saturated heterocycles. The third-order valence-electron chi connectivity index (χ3n) is 2.61. The molecule has 0 radical (unpaired) electrons. The van der Waals surface area contributed by atoms with Crippen LogP contribution in [0.5, 0.6) is 11.5 Å². The van der Waals surface area contributed by atoms with Gasteiger partial charge in [-0.25, -0.2) is 0 Å². The molecule has 0 bridgehead atoms. The Hall–Kier alpha value is -0.930. The number of fused-ring (bicyclic) bond motifs is 3. The molecule has 76 valence electrons. The second-order valence-corrected chi connectivity index (χ2v) is 3.36. The summed E-state index contributed by atoms with van der Waals surface area (Å²) in [6.45, 7) is 2.33. The summed E-state index contributed by atoms with van der Waals surface area (Å²) < 4.78 is 10.7. The highest BCUT2D eigenvalue weighted by Gasteiger charge is 2.21. The number of rotatable bonds is 0. The van der Waals surface area contributed by atoms with E-state index >= 15 is 0 Å². The fourth-order valence-corrected chi connectivity index (χ4v) is 1.94. The maximum atomic E-state index is 5.43. The second kappa shape index (κ2) is 3.67. The lowest BCUT2D eigenvalue weighted by molar-refractivity contribution is 0.173. The van der Waals surface area contributed by atoms with E-state index in [9.17, 15) is 0 Å². The number of halogens is 1. The van der Waals surface area contributed by atoms with Crippen LogP contribution in [0.2, 0.25) is 0 Å². The fraction of sp³-hybridized carbons (Fsp3) is 0.400. The van der Waals surface area contributed by atoms with E-state index in [0.717, 1.165) is 31.0 Å². The van der Waals surface area contributed by atoms with Crippen LogP contribution in [0.15, 0.2) is 12.1 Å². The van der Waals surface area contributed by atoms with E-state index in [1.54, 1.807) is 0 Å². The molecule has 0 amide bonds. The summed E-state index contributed by atoms with van der Waals surface area (Å²) in [5.41, 5.74) is 2.67. The molecule has 1 N–H and O–H groups in total. The molecule has 1 aromatic carbocycles. The predicted molar refractivity (Wildman–Crippen MR) is 55.2 cm³/mol. The van der Waals surface area contributed by atoms with Gasteiger partial charge in [0.15, 0.2) is 11.5 Å². The molecule has 0 atom stereocenters. The number of hydrogen-bond donors (Lipinski definition) is 1. The average molecular weight is 214 g/mol. The molecule has 4 heteroatoms. The normalized spacial score (nSPS) is 17.1. The molecule has 0 aromatic heterocycles. The molecule has 14 heavy (non-hydrogen) atoms. The van der Waals surface area contributed by atoms with Crippen LogP contribution in [0.25, 0.3) is 0 Å². The Morgan fingerprint density at radius 2 is 2.14 bits per heavy atom. The summed E-state index contributed by atoms with van der Waals surface area (Å²) in [7, 11) is 0. The lowest BCUT2D eigenvalue weighted by Gasteiger charge is -2.18. The monoisotopic (exact) mass is 213 g/mol. The van der Waals surface area contributed by atoms with Crippen molar-refractivity contribution in [1.29, 1.82) is 0 Å². The Morgan fingerprint density at radius 1 is 1.21 bits per heavy atom. The Bertz CT molecular complexity index is 354. The molecule has 0 fully saturated rings. The molecular formula is C10H12ClNO2. The van der Waals surface area contributed by atoms with E-state index < -0.39 is 0 Å². The third kappa shape index (κ3) is 1.33. The Labute approximate surface area is 88.8 Å². The van der Waals surface area contributed by atoms with Crippen molar-refractivity contribution in [3.63, 3.8) is 0 Å². The predicted octanol–water partition coefficient (Wildman–Crippen LogP) is 1.48. The van der Waals surface area contributed by atoms with Crippen molar-refractivity contribution in [3.05, 3.63) is 23.3 Å². The third-order valence-corrected chi connectivity index (χ3v) is 2.61. The lowest BCUT2D eigenvalue weighted by Crippen LogP contribution is -2.23. The summed E-state index contributed by atoms with van der Waals surface area (Å²) in [6, 6.07) is 4.15. The maximum Gasteiger partial charge on any atom is 0.231 e. The van der Waals surface area contributed by atoms with Gasteiger partial charge in [0.2, 0.25) is 6.79 Å². The highest BCUT2D eigenvalue weighted by Crippen LogP contribution is 2.38. The van der Waals surface area contributed by atoms with Crippen LogP contribution >= 0.6 is 12.4 Å². The minimum absolute atomic E-state index is 0. The molecular weight excluding hydrogens is 202 g/mol. The van der Waals surface area contributed by atoms with Gasteiger partial charge in [0, 0.05) is 12.1 Å². The van der Waals surface area contributed by atoms with Gasteiger partial charge in [-0.15, -0.1) is 12.4 Å². The summed E-state index contributed by atoms with van der Waals surface area (Å²) in [5.74, 6) is 1.84. The van der Waals surface area contributed by atoms with Crippen LogP contribution in [0.4, 0.5) is 0 Å². The van der Waals surface area contributed by atoms with Gasteiger partial charge < -0.3 is 14.8 Å². The molecule has 0 saturated carbocycles. The smallest absolute Gasteiger partial charge is 0.231 e. The standard InChI is InChI=1S/C10H11NO2.ClH/c1-2-9-10(13-6-12-9)8-5-11-4-3-7(1)8;/h1-2,11H,3-6H2;1H. The van der Waals surface area contributed by atoms with Crippen LogP contribution in [-0.4, -0.2) is 13.3 Å². The van der Waals surface area contributed by atoms with Crippen molar-refractivity contribution >= 4 is 12.4 Å². The zero-order valence-electron chi connectivity index (χ0n) is 7.71. The van der Waals surface area contributed by atoms with E-state index in [0.29, 0.717) is 6.79 Å². The number of hydrogen-bond acceptors (Lipinski definition) is 3. The van der Waals surface area contributed by atoms with Gasteiger partial charge in [-0.1, -0.05) is 6.07 Å². The first kappa shape index (κ1) is 9.62. The highest BCUT2D eigenvalue weighted by atomic mass is 35.5. The first-order chi connectivity index (χ1) is 6.45. The second-order valence-electron chi connectivity index (χ2n) is 3.36. The van der Waals surface area contributed by atoms with Gasteiger partial charge in [-0.05, 0) is 24.6 Å². The lowest BCUT2D eigenvalue weighted by atomic mass is 10.00. The maximum absolute atomic E-state index is 5.43. The average Bonchev–Trinajstić information content (AvgIpc) is 2.65. The van der Waals surface area contributed by atoms with E-state index in [1.807, 2.05) is 6.07 Å². The van der Waals surface area contributed by atoms with Crippen molar-refractivity contribution in [1.82, 2.24) is 5.32 Å². The molecule has 3 nitrogen and oxygen atoms in total. The molecule has 1 aromatic rings. The Morgan fingerprint density at radius 3 is 3.07 bits per heavy atom. The van der Waals surface area contributed by atoms with E-state index in [2.05, 4.69) is 11.4 Å². The molecule has 2 heterocycles. The summed E-state index contributed by atoms with van der Waals surface area (Å²) in [5, 5.41) is 3.34. The topological polar surface area (TPSA) is 30.5 Å². The SMILES string of the molecule is Cl.c1cc2c(c3c1CCNC3)OCO2. The molecule has 0 aliphatic carbocycles. The molecule has 2 aliphatic rings. The van der Waals surface area contributed by atoms with Gasteiger partial charge in [0.1, 0.15) is 0 Å². The molecule has 2 aliphatic heterocycles. The van der Waals surface area contributed by atoms with Crippen LogP contribution in [0.1, 0.15) is 11.1 Å². The van der Waals surface area contributed by atoms with Crippen molar-refractivity contribution < 1.29 is 9.47 Å². The van der Waals surface area contributed by atoms with Crippen molar-refractivity contribution in [2.75, 3.05) is 13.3 Å². The number of ether oxygens (including phenoxy) is 2. The quantitative estimate of drug-likeness (QED) is 0.708. The summed E-state index contributed by atoms with van der Waals surface area (Å²) in [6.07, 6.45) is 1.09. The van der Waals surface area contributed by atoms with Crippen molar-refractivity contribution in [3.8, 4) is 11.5 Å². The van der Waals surface area contributed by atoms with Crippen LogP contribution in [-0.2, 0) is 13.0 Å². The van der Waals surface area contributed by atoms with Crippen molar-refractivity contribution in [2.45, 2.75) is 13.0 Å². The summed E-state index contributed by atoms with van der Waals surface area (Å²) >= 11 is 0. The van der Waals surface area contributed by atoms with Gasteiger partial charge in [-0.2, -0.15) is 0 Å². The Balaban J connectivity index is 0.000000750. The van der Waals surface area contributed by atoms with E-state index in [1.165, 1.54) is 11.1 Å². The first-order valence-corrected chi connectivity index (χ1v) is 4.56. The van der Waals surface area contributed by atoms with Gasteiger partial charge in [0.05, 0.1) is 0 Å². The van der Waals surface area contributed by atoms with Crippen molar-refractivity contribution in [2.24, 2.45) is 0 Å². The number of nitrogens with one attached hydrogen (secondary N) is 1. The van der Waals surface area contributed by atoms with Gasteiger partial charge in [-0.3, -0.25) is 0 Å². The molecule has 0 unspecified atom stereocenters. The zero-order valence-corrected chi connectivity index (χ0v) is 8.52. The van der Waals surface area contributed by atoms with Crippen LogP contribution < -0.4 is 14.8 Å². The minimum Gasteiger partial charge on any atom is -0.454 e. The molecule has 3 rings (SSSR count). The first-order valence-electron chi connectivity index (χ1n) is 4.56. The van der Waals surface area contributed by atoms with Gasteiger partial charge in [0.25, 0.3) is 0 Å². The van der Waals surface area contributed by atoms with Crippen LogP contribution in [0, 0.1) is 0 Å². The largest absolute Gasteiger partial charge is 0.454 e. The zero-order chi connectivity index (χ0) is 8.67. The fourth-order valence-electron chi connectivity index (χ4n) is 1.94. The summed E-state index contributed by atoms with van der Waals surface area (Å²) in [4.78, 5) is 0. The van der Waals surface area contributed by atoms with E-state index in [-0.39, 0.29) is 12.4 Å². The minimum atomic E-state index is 0. The Kier molecular flexibility index (Phi) is 2.52.